The minimum atomic E-state index is -4.11. The first-order valence-electron chi connectivity index (χ1n) is 8.85. The van der Waals surface area contributed by atoms with Crippen molar-refractivity contribution in [1.82, 2.24) is 0 Å². The van der Waals surface area contributed by atoms with Gasteiger partial charge in [-0.25, -0.2) is 25.9 Å². The molecule has 1 heterocycles. The molecule has 1 aliphatic rings. The van der Waals surface area contributed by atoms with Crippen LogP contribution in [0.2, 0.25) is 0 Å². The molecule has 1 N–H and O–H groups in total. The third-order valence-electron chi connectivity index (χ3n) is 4.62. The van der Waals surface area contributed by atoms with E-state index < -0.39 is 37.8 Å². The number of amides is 1. The summed E-state index contributed by atoms with van der Waals surface area (Å²) in [6.45, 7) is 3.01. The molecule has 1 saturated heterocycles. The van der Waals surface area contributed by atoms with Crippen LogP contribution >= 0.6 is 0 Å². The van der Waals surface area contributed by atoms with Crippen molar-refractivity contribution in [2.45, 2.75) is 18.7 Å². The van der Waals surface area contributed by atoms with Crippen LogP contribution in [0.4, 0.5) is 11.4 Å². The summed E-state index contributed by atoms with van der Waals surface area (Å²) in [4.78, 5) is 24.0. The van der Waals surface area contributed by atoms with E-state index in [9.17, 15) is 26.4 Å². The van der Waals surface area contributed by atoms with E-state index in [4.69, 9.17) is 0 Å². The summed E-state index contributed by atoms with van der Waals surface area (Å²) >= 11 is 0. The minimum Gasteiger partial charge on any atom is -0.465 e. The predicted molar refractivity (Wildman–Crippen MR) is 110 cm³/mol. The van der Waals surface area contributed by atoms with Gasteiger partial charge in [0.1, 0.15) is 0 Å². The Labute approximate surface area is 174 Å². The Morgan fingerprint density at radius 1 is 1.20 bits per heavy atom. The molecule has 0 spiro atoms. The second-order valence-corrected chi connectivity index (χ2v) is 10.4. The molecule has 0 saturated carbocycles. The smallest absolute Gasteiger partial charge is 0.339 e. The van der Waals surface area contributed by atoms with Gasteiger partial charge in [-0.1, -0.05) is 19.1 Å². The molecule has 3 rings (SSSR count). The Bertz CT molecular complexity index is 1240. The normalized spacial score (nSPS) is 18.3. The van der Waals surface area contributed by atoms with Crippen LogP contribution < -0.4 is 9.03 Å². The molecule has 1 atom stereocenters. The molecule has 2 aromatic rings. The van der Waals surface area contributed by atoms with Gasteiger partial charge in [-0.3, -0.25) is 9.52 Å². The number of hydrogen-bond acceptors (Lipinski definition) is 7. The predicted octanol–water partition coefficient (Wildman–Crippen LogP) is 1.89. The summed E-state index contributed by atoms with van der Waals surface area (Å²) in [6, 6.07) is 9.79. The molecule has 0 unspecified atom stereocenters. The number of sulfonamides is 2. The number of nitrogens with zero attached hydrogens (tertiary/aromatic N) is 1. The highest BCUT2D eigenvalue weighted by atomic mass is 32.2. The Hall–Kier alpha value is -2.92. The molecule has 0 radical (unpaired) electrons. The van der Waals surface area contributed by atoms with E-state index in [1.165, 1.54) is 51.3 Å². The maximum Gasteiger partial charge on any atom is 0.339 e. The topological polar surface area (TPSA) is 127 Å². The van der Waals surface area contributed by atoms with Crippen molar-refractivity contribution in [3.8, 4) is 0 Å². The number of para-hydroxylation sites is 1. The highest BCUT2D eigenvalue weighted by Crippen LogP contribution is 2.31. The Morgan fingerprint density at radius 3 is 2.43 bits per heavy atom. The molecule has 2 aromatic carbocycles. The molecule has 30 heavy (non-hydrogen) atoms. The van der Waals surface area contributed by atoms with E-state index in [0.717, 1.165) is 0 Å². The second kappa shape index (κ2) is 7.73. The fourth-order valence-corrected chi connectivity index (χ4v) is 6.33. The van der Waals surface area contributed by atoms with Crippen molar-refractivity contribution < 1.29 is 31.2 Å². The number of ether oxygens (including phenoxy) is 1. The van der Waals surface area contributed by atoms with Crippen molar-refractivity contribution in [1.29, 1.82) is 0 Å². The minimum absolute atomic E-state index is 0.0407. The van der Waals surface area contributed by atoms with Gasteiger partial charge in [-0.2, -0.15) is 0 Å². The zero-order valence-electron chi connectivity index (χ0n) is 16.4. The van der Waals surface area contributed by atoms with Gasteiger partial charge < -0.3 is 4.74 Å². The first-order valence-corrected chi connectivity index (χ1v) is 11.9. The van der Waals surface area contributed by atoms with Crippen LogP contribution in [0, 0.1) is 12.8 Å². The summed E-state index contributed by atoms with van der Waals surface area (Å²) in [6.07, 6.45) is 0. The second-order valence-electron chi connectivity index (χ2n) is 6.87. The maximum atomic E-state index is 12.9. The monoisotopic (exact) mass is 452 g/mol. The van der Waals surface area contributed by atoms with E-state index in [1.807, 2.05) is 0 Å². The zero-order chi connectivity index (χ0) is 22.3. The van der Waals surface area contributed by atoms with Gasteiger partial charge in [-0.15, -0.1) is 0 Å². The van der Waals surface area contributed by atoms with E-state index in [2.05, 4.69) is 9.46 Å². The van der Waals surface area contributed by atoms with E-state index in [1.54, 1.807) is 12.1 Å². The number of anilines is 2. The average Bonchev–Trinajstić information content (AvgIpc) is 2.87. The number of benzene rings is 2. The van der Waals surface area contributed by atoms with Crippen LogP contribution in [0.5, 0.6) is 0 Å². The summed E-state index contributed by atoms with van der Waals surface area (Å²) in [7, 11) is -6.73. The third-order valence-corrected chi connectivity index (χ3v) is 8.01. The Morgan fingerprint density at radius 2 is 1.87 bits per heavy atom. The molecule has 9 nitrogen and oxygen atoms in total. The molecule has 1 amide bonds. The van der Waals surface area contributed by atoms with Crippen molar-refractivity contribution in [2.75, 3.05) is 21.9 Å². The van der Waals surface area contributed by atoms with Gasteiger partial charge >= 0.3 is 5.97 Å². The fourth-order valence-electron chi connectivity index (χ4n) is 3.21. The lowest BCUT2D eigenvalue weighted by Gasteiger charge is -2.18. The summed E-state index contributed by atoms with van der Waals surface area (Å²) in [5.41, 5.74) is 0.397. The number of carbonyl (C=O) groups is 2. The van der Waals surface area contributed by atoms with Gasteiger partial charge in [0.05, 0.1) is 40.6 Å². The SMILES string of the molecule is COC(=O)c1ccccc1NS(=O)(=O)c1ccc(N2C(=O)[C@@H](C)CS2(=O)=O)cc1C. The number of hydrogen-bond donors (Lipinski definition) is 1. The molecule has 1 fully saturated rings. The first kappa shape index (κ1) is 21.8. The van der Waals surface area contributed by atoms with Crippen LogP contribution in [0.3, 0.4) is 0 Å². The van der Waals surface area contributed by atoms with Crippen molar-refractivity contribution in [3.05, 3.63) is 53.6 Å². The highest BCUT2D eigenvalue weighted by molar-refractivity contribution is 7.94. The van der Waals surface area contributed by atoms with E-state index >= 15 is 0 Å². The zero-order valence-corrected chi connectivity index (χ0v) is 18.1. The van der Waals surface area contributed by atoms with Crippen LogP contribution in [0.15, 0.2) is 47.4 Å². The Balaban J connectivity index is 1.98. The standard InChI is InChI=1S/C19H20N2O7S2/c1-12-10-14(21-18(22)13(2)11-29(21,24)25)8-9-17(12)30(26,27)20-16-7-5-4-6-15(16)19(23)28-3/h4-10,13,20H,11H2,1-3H3/t13-/m0/s1. The third kappa shape index (κ3) is 3.90. The molecule has 160 valence electrons. The number of carbonyl (C=O) groups excluding carboxylic acids is 2. The van der Waals surface area contributed by atoms with Crippen LogP contribution in [0.25, 0.3) is 0 Å². The van der Waals surface area contributed by atoms with Crippen molar-refractivity contribution in [2.24, 2.45) is 5.92 Å². The number of rotatable bonds is 5. The molecule has 1 aliphatic heterocycles. The summed E-state index contributed by atoms with van der Waals surface area (Å²) in [5.74, 6) is -2.23. The molecule has 11 heteroatoms. The fraction of sp³-hybridized carbons (Fsp3) is 0.263. The van der Waals surface area contributed by atoms with E-state index in [0.29, 0.717) is 4.31 Å². The molecular weight excluding hydrogens is 432 g/mol. The summed E-state index contributed by atoms with van der Waals surface area (Å²) < 4.78 is 58.1. The van der Waals surface area contributed by atoms with Gasteiger partial charge in [-0.05, 0) is 42.8 Å². The van der Waals surface area contributed by atoms with Crippen molar-refractivity contribution in [3.63, 3.8) is 0 Å². The summed E-state index contributed by atoms with van der Waals surface area (Å²) in [5, 5.41) is 0. The van der Waals surface area contributed by atoms with Gasteiger partial charge in [0.15, 0.2) is 0 Å². The molecular formula is C19H20N2O7S2. The highest BCUT2D eigenvalue weighted by Gasteiger charge is 2.42. The lowest BCUT2D eigenvalue weighted by molar-refractivity contribution is -0.119. The van der Waals surface area contributed by atoms with Crippen LogP contribution in [-0.2, 0) is 29.6 Å². The van der Waals surface area contributed by atoms with Gasteiger partial charge in [0.25, 0.3) is 10.0 Å². The largest absolute Gasteiger partial charge is 0.465 e. The number of aryl methyl sites for hydroxylation is 1. The number of esters is 1. The quantitative estimate of drug-likeness (QED) is 0.686. The molecule has 0 aromatic heterocycles. The number of methoxy groups -OCH3 is 1. The van der Waals surface area contributed by atoms with Crippen LogP contribution in [0.1, 0.15) is 22.8 Å². The van der Waals surface area contributed by atoms with Crippen LogP contribution in [-0.4, -0.2) is 41.6 Å². The van der Waals surface area contributed by atoms with E-state index in [-0.39, 0.29) is 33.2 Å². The first-order chi connectivity index (χ1) is 14.0. The van der Waals surface area contributed by atoms with Gasteiger partial charge in [0.2, 0.25) is 15.9 Å². The molecule has 0 aliphatic carbocycles. The average molecular weight is 453 g/mol. The maximum absolute atomic E-state index is 12.9. The lowest BCUT2D eigenvalue weighted by atomic mass is 10.2. The Kier molecular flexibility index (Phi) is 5.61. The van der Waals surface area contributed by atoms with Gasteiger partial charge in [0, 0.05) is 0 Å². The van der Waals surface area contributed by atoms with Crippen molar-refractivity contribution >= 4 is 43.3 Å². The number of nitrogens with one attached hydrogen (secondary N) is 1. The molecule has 0 bridgehead atoms. The lowest BCUT2D eigenvalue weighted by Crippen LogP contribution is -2.30.